The van der Waals surface area contributed by atoms with Gasteiger partial charge in [-0.15, -0.1) is 0 Å². The first-order valence-electron chi connectivity index (χ1n) is 39.1. The molecule has 0 radical (unpaired) electrons. The molecule has 0 spiro atoms. The summed E-state index contributed by atoms with van der Waals surface area (Å²) in [7, 11) is 0. The average Bonchev–Trinajstić information content (AvgIpc) is 0.980. The van der Waals surface area contributed by atoms with Gasteiger partial charge in [-0.1, -0.05) is 117 Å². The number of aromatic nitrogens is 6. The topological polar surface area (TPSA) is 247 Å². The number of anilines is 9. The Balaban J connectivity index is 0.000000147. The molecule has 23 heteroatoms. The maximum atomic E-state index is 12.9. The summed E-state index contributed by atoms with van der Waals surface area (Å²) in [5.41, 5.74) is 14.8. The van der Waals surface area contributed by atoms with Gasteiger partial charge in [-0.2, -0.15) is 0 Å². The fraction of sp³-hybridized carbons (Fsp3) is 0.326. The lowest BCUT2D eigenvalue weighted by Crippen LogP contribution is -2.50. The van der Waals surface area contributed by atoms with Gasteiger partial charge in [0.05, 0.1) is 27.7 Å². The first kappa shape index (κ1) is 78.2. The Labute approximate surface area is 660 Å². The second kappa shape index (κ2) is 38.1. The summed E-state index contributed by atoms with van der Waals surface area (Å²) in [5, 5.41) is 12.6. The quantitative estimate of drug-likeness (QED) is 0.0554. The van der Waals surface area contributed by atoms with Gasteiger partial charge in [-0.25, -0.2) is 29.9 Å². The monoisotopic (exact) mass is 1520 g/mol. The van der Waals surface area contributed by atoms with Crippen molar-refractivity contribution in [2.24, 2.45) is 11.8 Å². The van der Waals surface area contributed by atoms with Crippen molar-refractivity contribution >= 4 is 98.6 Å². The van der Waals surface area contributed by atoms with E-state index in [0.29, 0.717) is 66.1 Å². The molecule has 3 saturated heterocycles. The minimum absolute atomic E-state index is 0.0140. The Morgan fingerprint density at radius 1 is 0.411 bits per heavy atom. The van der Waals surface area contributed by atoms with E-state index in [1.807, 2.05) is 137 Å². The zero-order valence-corrected chi connectivity index (χ0v) is 64.7. The summed E-state index contributed by atoms with van der Waals surface area (Å²) in [6, 6.07) is 60.9. The largest absolute Gasteiger partial charge is 0.368 e. The number of rotatable bonds is 20. The number of carbonyl (C=O) groups excluding carboxylic acids is 6. The van der Waals surface area contributed by atoms with E-state index in [9.17, 15) is 28.8 Å². The Bertz CT molecular complexity index is 4830. The molecule has 22 nitrogen and oxygen atoms in total. The summed E-state index contributed by atoms with van der Waals surface area (Å²) in [4.78, 5) is 112. The summed E-state index contributed by atoms with van der Waals surface area (Å²) in [6.45, 7) is 14.0. The van der Waals surface area contributed by atoms with Crippen molar-refractivity contribution in [2.45, 2.75) is 97.8 Å². The SMILES string of the molecule is CC(=O)Cc1ccc(-c2ccnc(Cc3ccc(N4CCN(C(=O)c5ccccc5Cl)CC4)cc3)n2)cc1.CC(=O)Nc1ccc(-c2ccnc(Nc3ccc(N4CCN(C(=O)C5CCCCC5)CC4)cc3)n2)cc1.CC(=O)Nc1ccc(-c2ccnc(Nc3ccc(N4CCN(C(=O)CC5CCCC5)CC4)cc3)n2)cc1. The molecule has 3 aliphatic heterocycles. The van der Waals surface area contributed by atoms with E-state index < -0.39 is 0 Å². The highest BCUT2D eigenvalue weighted by molar-refractivity contribution is 6.33. The van der Waals surface area contributed by atoms with Crippen molar-refractivity contribution in [3.05, 3.63) is 234 Å². The highest BCUT2D eigenvalue weighted by Gasteiger charge is 2.30. The zero-order chi connectivity index (χ0) is 77.7. The standard InChI is InChI=1S/C31H29ClN4O2.2C29H34N6O2/c1-22(37)20-23-6-10-25(11-7-23)29-14-15-33-30(34-29)21-24-8-12-26(13-9-24)35-16-18-36(19-17-35)31(38)27-4-2-3-5-28(27)32;1-21(36)31-24-8-6-23(7-9-24)27-14-15-30-29(33-27)32-25-10-12-26(13-11-25)34-16-18-35(19-17-34)28(37)20-22-4-2-3-5-22;1-21(36)31-24-9-7-22(8-10-24)27-15-16-30-29(33-27)32-25-11-13-26(14-12-25)34-17-19-35(20-18-34)28(37)23-5-3-2-4-6-23/h2-15H,16-21H2,1H3;6-15,22H,2-5,16-20H2,1H3,(H,31,36)(H,30,32,33);7-16,23H,2-6,17-20H2,1H3,(H,31,36)(H,30,32,33). The summed E-state index contributed by atoms with van der Waals surface area (Å²) in [6.07, 6.45) is 17.8. The molecule has 5 fully saturated rings. The van der Waals surface area contributed by atoms with Crippen molar-refractivity contribution in [1.29, 1.82) is 0 Å². The second-order valence-electron chi connectivity index (χ2n) is 29.3. The number of benzene rings is 7. The third kappa shape index (κ3) is 21.8. The molecular formula is C89H97ClN16O6. The number of ketones is 1. The molecule has 112 heavy (non-hydrogen) atoms. The van der Waals surface area contributed by atoms with E-state index in [1.54, 1.807) is 37.6 Å². The van der Waals surface area contributed by atoms with E-state index in [4.69, 9.17) is 16.6 Å². The number of hydrogen-bond acceptors (Lipinski definition) is 17. The van der Waals surface area contributed by atoms with Crippen LogP contribution in [0.25, 0.3) is 33.8 Å². The number of Topliss-reactive ketones (excluding diaryl/α,β-unsaturated/α-hetero) is 1. The van der Waals surface area contributed by atoms with Crippen molar-refractivity contribution < 1.29 is 28.8 Å². The Morgan fingerprint density at radius 3 is 1.29 bits per heavy atom. The summed E-state index contributed by atoms with van der Waals surface area (Å²) >= 11 is 6.22. The van der Waals surface area contributed by atoms with Gasteiger partial charge in [0.25, 0.3) is 5.91 Å². The lowest BCUT2D eigenvalue weighted by molar-refractivity contribution is -0.137. The van der Waals surface area contributed by atoms with E-state index in [0.717, 1.165) is 175 Å². The normalized spacial score (nSPS) is 15.2. The Hall–Kier alpha value is -11.9. The van der Waals surface area contributed by atoms with Crippen LogP contribution in [0.15, 0.2) is 207 Å². The van der Waals surface area contributed by atoms with Crippen LogP contribution in [0, 0.1) is 11.8 Å². The van der Waals surface area contributed by atoms with Crippen LogP contribution in [0.4, 0.5) is 51.7 Å². The van der Waals surface area contributed by atoms with E-state index in [2.05, 4.69) is 114 Å². The lowest BCUT2D eigenvalue weighted by atomic mass is 9.88. The molecular weight excluding hydrogens is 1420 g/mol. The first-order chi connectivity index (χ1) is 54.5. The molecule has 2 aliphatic carbocycles. The molecule has 3 aromatic heterocycles. The number of amides is 5. The second-order valence-corrected chi connectivity index (χ2v) is 29.7. The summed E-state index contributed by atoms with van der Waals surface area (Å²) in [5.74, 6) is 3.28. The van der Waals surface area contributed by atoms with Crippen LogP contribution < -0.4 is 36.0 Å². The molecule has 6 heterocycles. The molecule has 10 aromatic rings. The maximum Gasteiger partial charge on any atom is 0.255 e. The number of nitrogens with zero attached hydrogens (tertiary/aromatic N) is 12. The number of carbonyl (C=O) groups is 6. The molecule has 4 N–H and O–H groups in total. The highest BCUT2D eigenvalue weighted by Crippen LogP contribution is 2.32. The smallest absolute Gasteiger partial charge is 0.255 e. The van der Waals surface area contributed by atoms with Crippen LogP contribution in [-0.2, 0) is 36.8 Å². The number of halogens is 1. The van der Waals surface area contributed by atoms with Crippen LogP contribution in [0.5, 0.6) is 0 Å². The predicted octanol–water partition coefficient (Wildman–Crippen LogP) is 15.6. The van der Waals surface area contributed by atoms with E-state index >= 15 is 0 Å². The van der Waals surface area contributed by atoms with Gasteiger partial charge in [0.15, 0.2) is 0 Å². The highest BCUT2D eigenvalue weighted by atomic mass is 35.5. The average molecular weight is 1520 g/mol. The van der Waals surface area contributed by atoms with Gasteiger partial charge in [-0.3, -0.25) is 28.8 Å². The van der Waals surface area contributed by atoms with Gasteiger partial charge >= 0.3 is 0 Å². The van der Waals surface area contributed by atoms with Crippen LogP contribution in [-0.4, -0.2) is 158 Å². The lowest BCUT2D eigenvalue weighted by Gasteiger charge is -2.38. The predicted molar refractivity (Wildman–Crippen MR) is 444 cm³/mol. The van der Waals surface area contributed by atoms with Gasteiger partial charge in [-0.05, 0) is 165 Å². The molecule has 0 unspecified atom stereocenters. The Morgan fingerprint density at radius 2 is 0.821 bits per heavy atom. The van der Waals surface area contributed by atoms with Crippen molar-refractivity contribution in [3.8, 4) is 33.8 Å². The molecule has 576 valence electrons. The van der Waals surface area contributed by atoms with Crippen LogP contribution in [0.2, 0.25) is 5.02 Å². The minimum Gasteiger partial charge on any atom is -0.368 e. The van der Waals surface area contributed by atoms with Crippen LogP contribution >= 0.6 is 11.6 Å². The van der Waals surface area contributed by atoms with E-state index in [-0.39, 0.29) is 29.4 Å². The molecule has 15 rings (SSSR count). The van der Waals surface area contributed by atoms with E-state index in [1.165, 1.54) is 58.8 Å². The molecule has 2 saturated carbocycles. The van der Waals surface area contributed by atoms with Crippen molar-refractivity contribution in [2.75, 3.05) is 115 Å². The fourth-order valence-corrected chi connectivity index (χ4v) is 15.3. The number of piperazine rings is 3. The molecule has 0 bridgehead atoms. The fourth-order valence-electron chi connectivity index (χ4n) is 15.1. The summed E-state index contributed by atoms with van der Waals surface area (Å²) < 4.78 is 0. The van der Waals surface area contributed by atoms with Gasteiger partial charge in [0, 0.05) is 193 Å². The van der Waals surface area contributed by atoms with Crippen molar-refractivity contribution in [1.82, 2.24) is 44.6 Å². The molecule has 0 atom stereocenters. The molecule has 7 aromatic carbocycles. The third-order valence-electron chi connectivity index (χ3n) is 21.1. The first-order valence-corrected chi connectivity index (χ1v) is 39.4. The molecule has 5 amide bonds. The van der Waals surface area contributed by atoms with Gasteiger partial charge in [0.1, 0.15) is 11.6 Å². The number of hydrogen-bond donors (Lipinski definition) is 4. The maximum absolute atomic E-state index is 12.9. The van der Waals surface area contributed by atoms with Crippen LogP contribution in [0.3, 0.4) is 0 Å². The number of nitrogens with one attached hydrogen (secondary N) is 4. The van der Waals surface area contributed by atoms with Gasteiger partial charge < -0.3 is 50.7 Å². The Kier molecular flexibility index (Phi) is 26.6. The van der Waals surface area contributed by atoms with Gasteiger partial charge in [0.2, 0.25) is 35.5 Å². The molecule has 5 aliphatic rings. The van der Waals surface area contributed by atoms with Crippen LogP contribution in [0.1, 0.15) is 112 Å². The minimum atomic E-state index is -0.0980. The van der Waals surface area contributed by atoms with Crippen molar-refractivity contribution in [3.63, 3.8) is 0 Å². The third-order valence-corrected chi connectivity index (χ3v) is 21.5. The zero-order valence-electron chi connectivity index (χ0n) is 63.9.